The van der Waals surface area contributed by atoms with Gasteiger partial charge in [0.1, 0.15) is 0 Å². The maximum absolute atomic E-state index is 13.8. The number of halogens is 5. The largest absolute Gasteiger partial charge is 0.339 e. The molecule has 1 aliphatic carbocycles. The number of likely N-dealkylation sites (tertiary alicyclic amines) is 1. The van der Waals surface area contributed by atoms with Crippen LogP contribution in [0.15, 0.2) is 36.4 Å². The van der Waals surface area contributed by atoms with E-state index in [1.165, 1.54) is 0 Å². The zero-order valence-electron chi connectivity index (χ0n) is 16.3. The smallest absolute Gasteiger partial charge is 0.250 e. The van der Waals surface area contributed by atoms with Crippen LogP contribution in [0.4, 0.5) is 8.78 Å². The van der Waals surface area contributed by atoms with Gasteiger partial charge in [0.15, 0.2) is 0 Å². The molecule has 1 unspecified atom stereocenters. The van der Waals surface area contributed by atoms with Crippen molar-refractivity contribution in [1.82, 2.24) is 4.90 Å². The highest BCUT2D eigenvalue weighted by molar-refractivity contribution is 6.36. The number of carbonyl (C=O) groups excluding carboxylic acids is 1. The van der Waals surface area contributed by atoms with Crippen LogP contribution in [0.1, 0.15) is 37.7 Å². The molecule has 2 nitrogen and oxygen atoms in total. The fourth-order valence-corrected chi connectivity index (χ4v) is 5.35. The van der Waals surface area contributed by atoms with Crippen LogP contribution < -0.4 is 0 Å². The topological polar surface area (TPSA) is 20.3 Å². The SMILES string of the molecule is O=C1[C@H](Cc2c(Cl)cc(-c3ccc(Cl)cc3)cc2Cl)CCN1C1CCCC(F)(F)C1. The van der Waals surface area contributed by atoms with Gasteiger partial charge in [-0.25, -0.2) is 8.78 Å². The van der Waals surface area contributed by atoms with Gasteiger partial charge in [0.05, 0.1) is 0 Å². The minimum absolute atomic E-state index is 0.0633. The number of alkyl halides is 2. The van der Waals surface area contributed by atoms with E-state index in [4.69, 9.17) is 34.8 Å². The van der Waals surface area contributed by atoms with Crippen molar-refractivity contribution in [2.24, 2.45) is 5.92 Å². The first-order valence-electron chi connectivity index (χ1n) is 10.2. The molecule has 0 aromatic heterocycles. The Bertz CT molecular complexity index is 925. The lowest BCUT2D eigenvalue weighted by atomic mass is 9.91. The van der Waals surface area contributed by atoms with Crippen molar-refractivity contribution in [2.45, 2.75) is 50.5 Å². The van der Waals surface area contributed by atoms with Crippen molar-refractivity contribution in [3.8, 4) is 11.1 Å². The molecule has 30 heavy (non-hydrogen) atoms. The molecule has 1 saturated heterocycles. The molecule has 1 aliphatic heterocycles. The maximum Gasteiger partial charge on any atom is 0.250 e. The molecule has 7 heteroatoms. The Balaban J connectivity index is 1.49. The van der Waals surface area contributed by atoms with Crippen LogP contribution in [0.3, 0.4) is 0 Å². The lowest BCUT2D eigenvalue weighted by Crippen LogP contribution is -2.44. The van der Waals surface area contributed by atoms with Gasteiger partial charge in [0.25, 0.3) is 0 Å². The number of amides is 1. The van der Waals surface area contributed by atoms with E-state index < -0.39 is 5.92 Å². The fourth-order valence-electron chi connectivity index (χ4n) is 4.58. The van der Waals surface area contributed by atoms with E-state index in [9.17, 15) is 13.6 Å². The number of hydrogen-bond acceptors (Lipinski definition) is 1. The molecule has 2 aliphatic rings. The second-order valence-electron chi connectivity index (χ2n) is 8.25. The molecular weight excluding hydrogens is 451 g/mol. The molecule has 160 valence electrons. The third-order valence-corrected chi connectivity index (χ3v) is 7.10. The van der Waals surface area contributed by atoms with E-state index in [2.05, 4.69) is 0 Å². The molecule has 0 bridgehead atoms. The fraction of sp³-hybridized carbons (Fsp3) is 0.435. The van der Waals surface area contributed by atoms with Crippen LogP contribution in [0.25, 0.3) is 11.1 Å². The Morgan fingerprint density at radius 3 is 2.30 bits per heavy atom. The van der Waals surface area contributed by atoms with E-state index in [0.29, 0.717) is 47.3 Å². The molecule has 0 radical (unpaired) electrons. The summed E-state index contributed by atoms with van der Waals surface area (Å²) in [5.41, 5.74) is 2.54. The van der Waals surface area contributed by atoms with Crippen molar-refractivity contribution in [2.75, 3.05) is 6.54 Å². The summed E-state index contributed by atoms with van der Waals surface area (Å²) in [6.45, 7) is 0.516. The second kappa shape index (κ2) is 8.64. The standard InChI is InChI=1S/C23H22Cl3F2NO/c24-17-5-3-14(4-6-17)16-11-20(25)19(21(26)12-16)10-15-7-9-29(22(15)30)18-2-1-8-23(27,28)13-18/h3-6,11-12,15,18H,1-2,7-10,13H2/t15-,18?/m0/s1. The van der Waals surface area contributed by atoms with Gasteiger partial charge < -0.3 is 4.90 Å². The molecule has 2 aromatic carbocycles. The van der Waals surface area contributed by atoms with E-state index in [-0.39, 0.29) is 30.7 Å². The summed E-state index contributed by atoms with van der Waals surface area (Å²) in [7, 11) is 0. The Labute approximate surface area is 190 Å². The zero-order valence-corrected chi connectivity index (χ0v) is 18.6. The highest BCUT2D eigenvalue weighted by Gasteiger charge is 2.43. The molecular formula is C23H22Cl3F2NO. The second-order valence-corrected chi connectivity index (χ2v) is 9.50. The molecule has 2 atom stereocenters. The van der Waals surface area contributed by atoms with Crippen molar-refractivity contribution < 1.29 is 13.6 Å². The predicted molar refractivity (Wildman–Crippen MR) is 118 cm³/mol. The van der Waals surface area contributed by atoms with Crippen LogP contribution in [0, 0.1) is 5.92 Å². The highest BCUT2D eigenvalue weighted by atomic mass is 35.5. The van der Waals surface area contributed by atoms with Crippen LogP contribution >= 0.6 is 34.8 Å². The van der Waals surface area contributed by atoms with E-state index in [1.807, 2.05) is 24.3 Å². The Morgan fingerprint density at radius 1 is 1.00 bits per heavy atom. The van der Waals surface area contributed by atoms with E-state index >= 15 is 0 Å². The van der Waals surface area contributed by atoms with Crippen LogP contribution in [0.5, 0.6) is 0 Å². The van der Waals surface area contributed by atoms with Gasteiger partial charge in [0, 0.05) is 46.4 Å². The summed E-state index contributed by atoms with van der Waals surface area (Å²) in [6.07, 6.45) is 1.83. The third kappa shape index (κ3) is 4.61. The summed E-state index contributed by atoms with van der Waals surface area (Å²) in [5.74, 6) is -3.02. The van der Waals surface area contributed by atoms with Gasteiger partial charge in [-0.3, -0.25) is 4.79 Å². The molecule has 1 amide bonds. The molecule has 0 spiro atoms. The minimum atomic E-state index is -2.68. The zero-order chi connectivity index (χ0) is 21.5. The lowest BCUT2D eigenvalue weighted by Gasteiger charge is -2.35. The number of rotatable bonds is 4. The Hall–Kier alpha value is -1.36. The monoisotopic (exact) mass is 471 g/mol. The van der Waals surface area contributed by atoms with Gasteiger partial charge >= 0.3 is 0 Å². The minimum Gasteiger partial charge on any atom is -0.339 e. The van der Waals surface area contributed by atoms with E-state index in [0.717, 1.165) is 16.7 Å². The number of benzene rings is 2. The van der Waals surface area contributed by atoms with Gasteiger partial charge in [-0.1, -0.05) is 46.9 Å². The molecule has 1 saturated carbocycles. The summed E-state index contributed by atoms with van der Waals surface area (Å²) >= 11 is 19.0. The van der Waals surface area contributed by atoms with Crippen LogP contribution in [0.2, 0.25) is 15.1 Å². The van der Waals surface area contributed by atoms with Crippen molar-refractivity contribution in [1.29, 1.82) is 0 Å². The first-order chi connectivity index (χ1) is 14.2. The molecule has 2 fully saturated rings. The first kappa shape index (κ1) is 21.9. The van der Waals surface area contributed by atoms with Gasteiger partial charge in [-0.05, 0) is 66.6 Å². The predicted octanol–water partition coefficient (Wildman–Crippen LogP) is 7.28. The average molecular weight is 473 g/mol. The summed E-state index contributed by atoms with van der Waals surface area (Å²) in [4.78, 5) is 14.6. The average Bonchev–Trinajstić information content (AvgIpc) is 3.04. The number of nitrogens with zero attached hydrogens (tertiary/aromatic N) is 1. The normalized spacial score (nSPS) is 23.8. The number of carbonyl (C=O) groups is 1. The highest BCUT2D eigenvalue weighted by Crippen LogP contribution is 2.39. The van der Waals surface area contributed by atoms with Crippen LogP contribution in [-0.4, -0.2) is 29.3 Å². The van der Waals surface area contributed by atoms with E-state index in [1.54, 1.807) is 17.0 Å². The third-order valence-electron chi connectivity index (χ3n) is 6.17. The van der Waals surface area contributed by atoms with Gasteiger partial charge in [-0.2, -0.15) is 0 Å². The summed E-state index contributed by atoms with van der Waals surface area (Å²) in [5, 5.41) is 1.65. The number of hydrogen-bond donors (Lipinski definition) is 0. The van der Waals surface area contributed by atoms with Crippen LogP contribution in [-0.2, 0) is 11.2 Å². The maximum atomic E-state index is 13.8. The molecule has 0 N–H and O–H groups in total. The van der Waals surface area contributed by atoms with Crippen molar-refractivity contribution >= 4 is 40.7 Å². The quantitative estimate of drug-likeness (QED) is 0.458. The van der Waals surface area contributed by atoms with Crippen molar-refractivity contribution in [3.63, 3.8) is 0 Å². The molecule has 2 aromatic rings. The Morgan fingerprint density at radius 2 is 1.67 bits per heavy atom. The first-order valence-corrected chi connectivity index (χ1v) is 11.3. The lowest BCUT2D eigenvalue weighted by molar-refractivity contribution is -0.136. The molecule has 4 rings (SSSR count). The Kier molecular flexibility index (Phi) is 6.30. The summed E-state index contributed by atoms with van der Waals surface area (Å²) in [6, 6.07) is 10.7. The van der Waals surface area contributed by atoms with Crippen molar-refractivity contribution in [3.05, 3.63) is 57.0 Å². The van der Waals surface area contributed by atoms with Gasteiger partial charge in [0.2, 0.25) is 11.8 Å². The van der Waals surface area contributed by atoms with Gasteiger partial charge in [-0.15, -0.1) is 0 Å². The summed E-state index contributed by atoms with van der Waals surface area (Å²) < 4.78 is 27.6. The molecule has 1 heterocycles.